The van der Waals surface area contributed by atoms with Crippen LogP contribution in [0.25, 0.3) is 0 Å². The quantitative estimate of drug-likeness (QED) is 0.369. The number of ketones is 1. The number of hydrogen-bond donors (Lipinski definition) is 1. The highest BCUT2D eigenvalue weighted by Crippen LogP contribution is 2.04. The van der Waals surface area contributed by atoms with Crippen LogP contribution in [-0.2, 0) is 4.79 Å². The van der Waals surface area contributed by atoms with Gasteiger partial charge < -0.3 is 5.11 Å². The molecule has 0 bridgehead atoms. The second-order valence-corrected chi connectivity index (χ2v) is 1.99. The first-order chi connectivity index (χ1) is 4.63. The molecule has 0 saturated carbocycles. The highest BCUT2D eigenvalue weighted by molar-refractivity contribution is 5.95. The van der Waals surface area contributed by atoms with Crippen molar-refractivity contribution in [3.63, 3.8) is 0 Å². The zero-order valence-corrected chi connectivity index (χ0v) is 6.35. The molecular weight excluding hydrogens is 128 g/mol. The van der Waals surface area contributed by atoms with Gasteiger partial charge in [0.2, 0.25) is 0 Å². The van der Waals surface area contributed by atoms with Crippen LogP contribution in [0, 0.1) is 0 Å². The maximum atomic E-state index is 10.8. The van der Waals surface area contributed by atoms with Crippen LogP contribution >= 0.6 is 0 Å². The molecule has 0 fully saturated rings. The van der Waals surface area contributed by atoms with E-state index in [0.29, 0.717) is 12.0 Å². The van der Waals surface area contributed by atoms with Crippen LogP contribution in [0.15, 0.2) is 24.0 Å². The monoisotopic (exact) mass is 140 g/mol. The van der Waals surface area contributed by atoms with E-state index in [1.54, 1.807) is 13.8 Å². The topological polar surface area (TPSA) is 37.3 Å². The van der Waals surface area contributed by atoms with Crippen LogP contribution in [0.3, 0.4) is 0 Å². The lowest BCUT2D eigenvalue weighted by atomic mass is 10.1. The molecule has 0 saturated heterocycles. The van der Waals surface area contributed by atoms with E-state index in [2.05, 4.69) is 6.58 Å². The zero-order valence-electron chi connectivity index (χ0n) is 6.35. The Balaban J connectivity index is 4.45. The summed E-state index contributed by atoms with van der Waals surface area (Å²) in [7, 11) is 0. The first-order valence-corrected chi connectivity index (χ1v) is 3.19. The third-order valence-corrected chi connectivity index (χ3v) is 1.32. The number of aliphatic hydroxyl groups is 1. The maximum Gasteiger partial charge on any atom is 0.161 e. The van der Waals surface area contributed by atoms with Gasteiger partial charge >= 0.3 is 0 Å². The van der Waals surface area contributed by atoms with Crippen LogP contribution < -0.4 is 0 Å². The lowest BCUT2D eigenvalue weighted by Gasteiger charge is -1.97. The summed E-state index contributed by atoms with van der Waals surface area (Å²) in [6.07, 6.45) is 1.69. The van der Waals surface area contributed by atoms with Crippen LogP contribution in [0.2, 0.25) is 0 Å². The molecule has 2 nitrogen and oxygen atoms in total. The van der Waals surface area contributed by atoms with Crippen molar-refractivity contribution in [3.8, 4) is 0 Å². The normalized spacial score (nSPS) is 12.2. The van der Waals surface area contributed by atoms with Crippen LogP contribution in [0.5, 0.6) is 0 Å². The molecule has 0 aromatic rings. The fourth-order valence-electron chi connectivity index (χ4n) is 0.561. The summed E-state index contributed by atoms with van der Waals surface area (Å²) >= 11 is 0. The van der Waals surface area contributed by atoms with Gasteiger partial charge in [0.05, 0.1) is 0 Å². The van der Waals surface area contributed by atoms with Crippen molar-refractivity contribution in [1.29, 1.82) is 0 Å². The second-order valence-electron chi connectivity index (χ2n) is 1.99. The van der Waals surface area contributed by atoms with Gasteiger partial charge in [0.25, 0.3) is 0 Å². The molecule has 0 aliphatic rings. The molecule has 1 N–H and O–H groups in total. The predicted molar refractivity (Wildman–Crippen MR) is 40.8 cm³/mol. The average molecular weight is 140 g/mol. The van der Waals surface area contributed by atoms with Gasteiger partial charge in [-0.3, -0.25) is 4.79 Å². The van der Waals surface area contributed by atoms with E-state index in [-0.39, 0.29) is 11.5 Å². The molecule has 0 aromatic carbocycles. The molecule has 0 atom stereocenters. The van der Waals surface area contributed by atoms with Crippen molar-refractivity contribution in [2.45, 2.75) is 20.3 Å². The van der Waals surface area contributed by atoms with Gasteiger partial charge in [0, 0.05) is 12.0 Å². The molecule has 56 valence electrons. The van der Waals surface area contributed by atoms with E-state index < -0.39 is 0 Å². The van der Waals surface area contributed by atoms with E-state index in [4.69, 9.17) is 5.11 Å². The Hall–Kier alpha value is -1.05. The van der Waals surface area contributed by atoms with Crippen molar-refractivity contribution in [3.05, 3.63) is 24.0 Å². The largest absolute Gasteiger partial charge is 0.508 e. The number of rotatable bonds is 3. The van der Waals surface area contributed by atoms with Crippen molar-refractivity contribution in [2.24, 2.45) is 0 Å². The van der Waals surface area contributed by atoms with Crippen molar-refractivity contribution >= 4 is 5.78 Å². The van der Waals surface area contributed by atoms with Gasteiger partial charge in [-0.25, -0.2) is 0 Å². The SMILES string of the molecule is C=CC(O)=C(C)C(=O)CC. The van der Waals surface area contributed by atoms with Crippen LogP contribution in [0.4, 0.5) is 0 Å². The van der Waals surface area contributed by atoms with Gasteiger partial charge in [-0.1, -0.05) is 13.5 Å². The number of hydrogen-bond acceptors (Lipinski definition) is 2. The van der Waals surface area contributed by atoms with Gasteiger partial charge in [-0.2, -0.15) is 0 Å². The fourth-order valence-corrected chi connectivity index (χ4v) is 0.561. The molecule has 0 unspecified atom stereocenters. The summed E-state index contributed by atoms with van der Waals surface area (Å²) in [6, 6.07) is 0. The van der Waals surface area contributed by atoms with Crippen LogP contribution in [0.1, 0.15) is 20.3 Å². The minimum atomic E-state index is -0.0441. The van der Waals surface area contributed by atoms with E-state index in [1.807, 2.05) is 0 Å². The Labute approximate surface area is 60.9 Å². The predicted octanol–water partition coefficient (Wildman–Crippen LogP) is 1.98. The summed E-state index contributed by atoms with van der Waals surface area (Å²) in [4.78, 5) is 10.8. The van der Waals surface area contributed by atoms with Crippen molar-refractivity contribution in [2.75, 3.05) is 0 Å². The summed E-state index contributed by atoms with van der Waals surface area (Å²) in [6.45, 7) is 6.68. The average Bonchev–Trinajstić information content (AvgIpc) is 2.00. The third kappa shape index (κ3) is 2.05. The number of allylic oxidation sites excluding steroid dienone is 2. The smallest absolute Gasteiger partial charge is 0.161 e. The summed E-state index contributed by atoms with van der Waals surface area (Å²) in [5, 5.41) is 8.97. The minimum Gasteiger partial charge on any atom is -0.508 e. The maximum absolute atomic E-state index is 10.8. The zero-order chi connectivity index (χ0) is 8.15. The summed E-state index contributed by atoms with van der Waals surface area (Å²) in [5.74, 6) is -0.0655. The number of aliphatic hydroxyl groups excluding tert-OH is 1. The van der Waals surface area contributed by atoms with Crippen molar-refractivity contribution < 1.29 is 9.90 Å². The number of carbonyl (C=O) groups excluding carboxylic acids is 1. The lowest BCUT2D eigenvalue weighted by molar-refractivity contribution is -0.115. The molecular formula is C8H12O2. The summed E-state index contributed by atoms with van der Waals surface area (Å²) < 4.78 is 0. The van der Waals surface area contributed by atoms with E-state index in [0.717, 1.165) is 0 Å². The molecule has 0 aliphatic carbocycles. The Morgan fingerprint density at radius 3 is 2.50 bits per heavy atom. The Kier molecular flexibility index (Phi) is 3.47. The Bertz CT molecular complexity index is 178. The molecule has 0 rings (SSSR count). The molecule has 0 spiro atoms. The molecule has 0 aromatic heterocycles. The Morgan fingerprint density at radius 2 is 2.20 bits per heavy atom. The van der Waals surface area contributed by atoms with E-state index in [1.165, 1.54) is 6.08 Å². The van der Waals surface area contributed by atoms with Gasteiger partial charge in [0.15, 0.2) is 5.78 Å². The standard InChI is InChI=1S/C8H12O2/c1-4-7(9)6(3)8(10)5-2/h4,9H,1,5H2,2-3H3. The number of carbonyl (C=O) groups is 1. The highest BCUT2D eigenvalue weighted by atomic mass is 16.3. The van der Waals surface area contributed by atoms with Crippen molar-refractivity contribution in [1.82, 2.24) is 0 Å². The second kappa shape index (κ2) is 3.88. The first-order valence-electron chi connectivity index (χ1n) is 3.19. The van der Waals surface area contributed by atoms with Gasteiger partial charge in [-0.15, -0.1) is 0 Å². The van der Waals surface area contributed by atoms with Gasteiger partial charge in [0.1, 0.15) is 5.76 Å². The Morgan fingerprint density at radius 1 is 1.70 bits per heavy atom. The molecule has 0 radical (unpaired) electrons. The first kappa shape index (κ1) is 8.95. The van der Waals surface area contributed by atoms with E-state index >= 15 is 0 Å². The molecule has 0 amide bonds. The number of Topliss-reactive ketones (excluding diaryl/α,β-unsaturated/α-hetero) is 1. The highest BCUT2D eigenvalue weighted by Gasteiger charge is 2.03. The molecule has 0 heterocycles. The minimum absolute atomic E-state index is 0.0214. The molecule has 0 aliphatic heterocycles. The lowest BCUT2D eigenvalue weighted by Crippen LogP contribution is -1.99. The summed E-state index contributed by atoms with van der Waals surface area (Å²) in [5.41, 5.74) is 0.387. The van der Waals surface area contributed by atoms with Gasteiger partial charge in [-0.05, 0) is 13.0 Å². The molecule has 10 heavy (non-hydrogen) atoms. The third-order valence-electron chi connectivity index (χ3n) is 1.32. The molecule has 2 heteroatoms. The van der Waals surface area contributed by atoms with E-state index in [9.17, 15) is 4.79 Å². The van der Waals surface area contributed by atoms with Crippen LogP contribution in [-0.4, -0.2) is 10.9 Å². The fraction of sp³-hybridized carbons (Fsp3) is 0.375.